The molecule has 2 aromatic rings. The fourth-order valence-electron chi connectivity index (χ4n) is 4.05. The maximum Gasteiger partial charge on any atom is 0.255 e. The molecule has 5 heteroatoms. The Hall–Kier alpha value is -2.40. The van der Waals surface area contributed by atoms with Crippen molar-refractivity contribution in [2.75, 3.05) is 33.3 Å². The Balaban J connectivity index is 1.33. The maximum atomic E-state index is 12.6. The summed E-state index contributed by atoms with van der Waals surface area (Å²) >= 11 is 0. The molecule has 3 heterocycles. The molecule has 0 aliphatic carbocycles. The molecule has 0 bridgehead atoms. The lowest BCUT2D eigenvalue weighted by molar-refractivity contribution is 0.0773. The number of aromatic nitrogens is 1. The van der Waals surface area contributed by atoms with Gasteiger partial charge in [0.05, 0.1) is 12.7 Å². The Morgan fingerprint density at radius 2 is 1.84 bits per heavy atom. The monoisotopic (exact) mass is 337 g/mol. The van der Waals surface area contributed by atoms with Crippen molar-refractivity contribution in [3.8, 4) is 5.75 Å². The van der Waals surface area contributed by atoms with E-state index in [1.807, 2.05) is 29.2 Å². The summed E-state index contributed by atoms with van der Waals surface area (Å²) in [6, 6.07) is 12.0. The Morgan fingerprint density at radius 3 is 2.44 bits per heavy atom. The van der Waals surface area contributed by atoms with Gasteiger partial charge in [-0.15, -0.1) is 0 Å². The molecule has 2 saturated heterocycles. The van der Waals surface area contributed by atoms with Crippen molar-refractivity contribution in [3.63, 3.8) is 0 Å². The van der Waals surface area contributed by atoms with Gasteiger partial charge in [0.1, 0.15) is 5.75 Å². The molecule has 4 rings (SSSR count). The van der Waals surface area contributed by atoms with Crippen LogP contribution in [-0.2, 0) is 6.54 Å². The van der Waals surface area contributed by atoms with Crippen LogP contribution in [0.2, 0.25) is 0 Å². The lowest BCUT2D eigenvalue weighted by Gasteiger charge is -2.21. The summed E-state index contributed by atoms with van der Waals surface area (Å²) in [6.45, 7) is 4.81. The fourth-order valence-corrected chi connectivity index (χ4v) is 4.05. The van der Waals surface area contributed by atoms with Crippen molar-refractivity contribution in [3.05, 3.63) is 59.9 Å². The van der Waals surface area contributed by atoms with Crippen molar-refractivity contribution in [1.29, 1.82) is 0 Å². The van der Waals surface area contributed by atoms with E-state index in [4.69, 9.17) is 4.74 Å². The highest BCUT2D eigenvalue weighted by atomic mass is 16.5. The van der Waals surface area contributed by atoms with Crippen LogP contribution in [0.15, 0.2) is 48.8 Å². The predicted octanol–water partition coefficient (Wildman–Crippen LogP) is 2.29. The van der Waals surface area contributed by atoms with E-state index in [0.29, 0.717) is 17.4 Å². The summed E-state index contributed by atoms with van der Waals surface area (Å²) in [4.78, 5) is 21.1. The second kappa shape index (κ2) is 6.84. The molecule has 1 aromatic carbocycles. The Labute approximate surface area is 148 Å². The highest BCUT2D eigenvalue weighted by Crippen LogP contribution is 2.32. The summed E-state index contributed by atoms with van der Waals surface area (Å²) in [5, 5.41) is 0. The zero-order chi connectivity index (χ0) is 17.2. The first-order chi connectivity index (χ1) is 12.2. The number of carbonyl (C=O) groups is 1. The van der Waals surface area contributed by atoms with Gasteiger partial charge in [0.15, 0.2) is 0 Å². The van der Waals surface area contributed by atoms with Crippen LogP contribution in [0.1, 0.15) is 15.9 Å². The van der Waals surface area contributed by atoms with E-state index < -0.39 is 0 Å². The summed E-state index contributed by atoms with van der Waals surface area (Å²) in [5.41, 5.74) is 2.00. The number of likely N-dealkylation sites (tertiary alicyclic amines) is 2. The van der Waals surface area contributed by atoms with Gasteiger partial charge in [-0.25, -0.2) is 0 Å². The van der Waals surface area contributed by atoms with Crippen molar-refractivity contribution < 1.29 is 9.53 Å². The molecule has 1 aromatic heterocycles. The molecule has 130 valence electrons. The van der Waals surface area contributed by atoms with Gasteiger partial charge in [0, 0.05) is 45.1 Å². The second-order valence-corrected chi connectivity index (χ2v) is 7.01. The van der Waals surface area contributed by atoms with Crippen LogP contribution in [-0.4, -0.2) is 54.0 Å². The third-order valence-electron chi connectivity index (χ3n) is 5.32. The number of hydrogen-bond acceptors (Lipinski definition) is 4. The van der Waals surface area contributed by atoms with E-state index in [-0.39, 0.29) is 5.91 Å². The van der Waals surface area contributed by atoms with Crippen molar-refractivity contribution >= 4 is 5.91 Å². The average molecular weight is 337 g/mol. The van der Waals surface area contributed by atoms with Gasteiger partial charge in [-0.2, -0.15) is 0 Å². The van der Waals surface area contributed by atoms with Crippen LogP contribution in [0.3, 0.4) is 0 Å². The number of amides is 1. The molecule has 25 heavy (non-hydrogen) atoms. The SMILES string of the molecule is COc1ccc(CN2C[C@@H]3CN(C(=O)c4cccnc4)C[C@@H]3C2)cc1. The van der Waals surface area contributed by atoms with Gasteiger partial charge in [-0.05, 0) is 41.7 Å². The van der Waals surface area contributed by atoms with Crippen molar-refractivity contribution in [2.45, 2.75) is 6.54 Å². The minimum atomic E-state index is 0.115. The Kier molecular flexibility index (Phi) is 4.40. The number of carbonyl (C=O) groups excluding carboxylic acids is 1. The number of ether oxygens (including phenoxy) is 1. The summed E-state index contributed by atoms with van der Waals surface area (Å²) < 4.78 is 5.21. The molecule has 0 spiro atoms. The number of pyridine rings is 1. The highest BCUT2D eigenvalue weighted by molar-refractivity contribution is 5.94. The minimum Gasteiger partial charge on any atom is -0.497 e. The summed E-state index contributed by atoms with van der Waals surface area (Å²) in [7, 11) is 1.69. The first-order valence-electron chi connectivity index (χ1n) is 8.77. The van der Waals surface area contributed by atoms with Gasteiger partial charge in [-0.1, -0.05) is 12.1 Å². The first kappa shape index (κ1) is 16.1. The number of benzene rings is 1. The standard InChI is InChI=1S/C20H23N3O2/c1-25-19-6-4-15(5-7-19)10-22-11-17-13-23(14-18(17)12-22)20(24)16-3-2-8-21-9-16/h2-9,17-18H,10-14H2,1H3/t17-,18+. The maximum absolute atomic E-state index is 12.6. The zero-order valence-corrected chi connectivity index (χ0v) is 14.5. The number of methoxy groups -OCH3 is 1. The van der Waals surface area contributed by atoms with E-state index in [1.54, 1.807) is 19.5 Å². The lowest BCUT2D eigenvalue weighted by Crippen LogP contribution is -2.33. The molecule has 0 radical (unpaired) electrons. The molecule has 2 aliphatic rings. The molecular weight excluding hydrogens is 314 g/mol. The molecule has 5 nitrogen and oxygen atoms in total. The topological polar surface area (TPSA) is 45.7 Å². The number of nitrogens with zero attached hydrogens (tertiary/aromatic N) is 3. The highest BCUT2D eigenvalue weighted by Gasteiger charge is 2.41. The molecule has 0 saturated carbocycles. The quantitative estimate of drug-likeness (QED) is 0.859. The number of rotatable bonds is 4. The van der Waals surface area contributed by atoms with Crippen LogP contribution in [0, 0.1) is 11.8 Å². The van der Waals surface area contributed by atoms with Gasteiger partial charge >= 0.3 is 0 Å². The van der Waals surface area contributed by atoms with E-state index in [2.05, 4.69) is 22.0 Å². The van der Waals surface area contributed by atoms with Crippen LogP contribution < -0.4 is 4.74 Å². The van der Waals surface area contributed by atoms with Crippen molar-refractivity contribution in [1.82, 2.24) is 14.8 Å². The molecule has 1 amide bonds. The van der Waals surface area contributed by atoms with E-state index in [1.165, 1.54) is 5.56 Å². The van der Waals surface area contributed by atoms with Crippen LogP contribution in [0.4, 0.5) is 0 Å². The largest absolute Gasteiger partial charge is 0.497 e. The Morgan fingerprint density at radius 1 is 1.12 bits per heavy atom. The van der Waals surface area contributed by atoms with Crippen LogP contribution in [0.25, 0.3) is 0 Å². The predicted molar refractivity (Wildman–Crippen MR) is 95.4 cm³/mol. The van der Waals surface area contributed by atoms with Crippen LogP contribution in [0.5, 0.6) is 5.75 Å². The smallest absolute Gasteiger partial charge is 0.255 e. The lowest BCUT2D eigenvalue weighted by atomic mass is 10.0. The number of hydrogen-bond donors (Lipinski definition) is 0. The van der Waals surface area contributed by atoms with Gasteiger partial charge in [0.25, 0.3) is 5.91 Å². The molecule has 2 fully saturated rings. The minimum absolute atomic E-state index is 0.115. The van der Waals surface area contributed by atoms with Gasteiger partial charge < -0.3 is 9.64 Å². The first-order valence-corrected chi connectivity index (χ1v) is 8.77. The van der Waals surface area contributed by atoms with E-state index in [0.717, 1.165) is 38.5 Å². The van der Waals surface area contributed by atoms with Crippen LogP contribution >= 0.6 is 0 Å². The van der Waals surface area contributed by atoms with Crippen molar-refractivity contribution in [2.24, 2.45) is 11.8 Å². The zero-order valence-electron chi connectivity index (χ0n) is 14.5. The summed E-state index contributed by atoms with van der Waals surface area (Å²) in [5.74, 6) is 2.17. The number of fused-ring (bicyclic) bond motifs is 1. The third-order valence-corrected chi connectivity index (χ3v) is 5.32. The summed E-state index contributed by atoms with van der Waals surface area (Å²) in [6.07, 6.45) is 3.36. The van der Waals surface area contributed by atoms with Gasteiger partial charge in [0.2, 0.25) is 0 Å². The Bertz CT molecular complexity index is 718. The fraction of sp³-hybridized carbons (Fsp3) is 0.400. The molecular formula is C20H23N3O2. The van der Waals surface area contributed by atoms with E-state index in [9.17, 15) is 4.79 Å². The average Bonchev–Trinajstić information content (AvgIpc) is 3.21. The second-order valence-electron chi connectivity index (χ2n) is 7.01. The van der Waals surface area contributed by atoms with E-state index >= 15 is 0 Å². The van der Waals surface area contributed by atoms with Gasteiger partial charge in [-0.3, -0.25) is 14.7 Å². The molecule has 2 atom stereocenters. The molecule has 0 N–H and O–H groups in total. The molecule has 0 unspecified atom stereocenters. The molecule has 2 aliphatic heterocycles. The third kappa shape index (κ3) is 3.37. The normalized spacial score (nSPS) is 22.8.